The Kier molecular flexibility index (Phi) is 2.50. The quantitative estimate of drug-likeness (QED) is 0.477. The van der Waals surface area contributed by atoms with Gasteiger partial charge in [0, 0.05) is 19.6 Å². The third-order valence-electron chi connectivity index (χ3n) is 1.45. The Balaban J connectivity index is 2.05. The Morgan fingerprint density at radius 2 is 2.40 bits per heavy atom. The van der Waals surface area contributed by atoms with Crippen molar-refractivity contribution in [3.63, 3.8) is 0 Å². The molecule has 0 aromatic carbocycles. The standard InChI is InChI=1S/C6H13N3O/c1-2-8-6(10)9-5-3-7-4-5/h5,7H,2-4H2,1H3,(H2,8,9,10). The number of carbonyl (C=O) groups excluding carboxylic acids is 1. The molecule has 4 heteroatoms. The summed E-state index contributed by atoms with van der Waals surface area (Å²) >= 11 is 0. The van der Waals surface area contributed by atoms with Crippen molar-refractivity contribution in [1.29, 1.82) is 0 Å². The number of hydrogen-bond acceptors (Lipinski definition) is 2. The van der Waals surface area contributed by atoms with Gasteiger partial charge in [0.15, 0.2) is 0 Å². The van der Waals surface area contributed by atoms with Crippen LogP contribution >= 0.6 is 0 Å². The number of nitrogens with one attached hydrogen (secondary N) is 3. The van der Waals surface area contributed by atoms with E-state index < -0.39 is 0 Å². The van der Waals surface area contributed by atoms with E-state index in [1.54, 1.807) is 0 Å². The van der Waals surface area contributed by atoms with E-state index in [-0.39, 0.29) is 6.03 Å². The molecule has 10 heavy (non-hydrogen) atoms. The van der Waals surface area contributed by atoms with E-state index >= 15 is 0 Å². The van der Waals surface area contributed by atoms with E-state index in [9.17, 15) is 4.79 Å². The molecule has 0 aromatic rings. The van der Waals surface area contributed by atoms with Gasteiger partial charge in [-0.05, 0) is 6.92 Å². The second kappa shape index (κ2) is 3.41. The third-order valence-corrected chi connectivity index (χ3v) is 1.45. The Morgan fingerprint density at radius 1 is 1.70 bits per heavy atom. The maximum absolute atomic E-state index is 10.8. The normalized spacial score (nSPS) is 17.7. The summed E-state index contributed by atoms with van der Waals surface area (Å²) in [5.41, 5.74) is 0. The van der Waals surface area contributed by atoms with E-state index in [1.807, 2.05) is 6.92 Å². The first kappa shape index (κ1) is 7.34. The lowest BCUT2D eigenvalue weighted by Gasteiger charge is -2.27. The first-order valence-electron chi connectivity index (χ1n) is 3.58. The fourth-order valence-corrected chi connectivity index (χ4v) is 0.788. The molecule has 0 radical (unpaired) electrons. The molecular formula is C6H13N3O. The van der Waals surface area contributed by atoms with E-state index in [1.165, 1.54) is 0 Å². The molecular weight excluding hydrogens is 130 g/mol. The van der Waals surface area contributed by atoms with Crippen LogP contribution in [0.15, 0.2) is 0 Å². The molecule has 1 saturated heterocycles. The van der Waals surface area contributed by atoms with Crippen LogP contribution in [0.2, 0.25) is 0 Å². The highest BCUT2D eigenvalue weighted by Gasteiger charge is 2.17. The lowest BCUT2D eigenvalue weighted by Crippen LogP contribution is -2.58. The molecule has 1 fully saturated rings. The smallest absolute Gasteiger partial charge is 0.315 e. The van der Waals surface area contributed by atoms with Crippen LogP contribution in [0.4, 0.5) is 4.79 Å². The minimum atomic E-state index is -0.0611. The summed E-state index contributed by atoms with van der Waals surface area (Å²) in [6.45, 7) is 4.39. The van der Waals surface area contributed by atoms with Gasteiger partial charge < -0.3 is 16.0 Å². The summed E-state index contributed by atoms with van der Waals surface area (Å²) in [4.78, 5) is 10.8. The molecule has 3 N–H and O–H groups in total. The first-order valence-corrected chi connectivity index (χ1v) is 3.58. The average molecular weight is 143 g/mol. The second-order valence-corrected chi connectivity index (χ2v) is 2.36. The maximum Gasteiger partial charge on any atom is 0.315 e. The van der Waals surface area contributed by atoms with Crippen LogP contribution < -0.4 is 16.0 Å². The molecule has 1 rings (SSSR count). The topological polar surface area (TPSA) is 53.2 Å². The fourth-order valence-electron chi connectivity index (χ4n) is 0.788. The average Bonchev–Trinajstić information content (AvgIpc) is 1.80. The summed E-state index contributed by atoms with van der Waals surface area (Å²) < 4.78 is 0. The van der Waals surface area contributed by atoms with Crippen LogP contribution in [0.25, 0.3) is 0 Å². The summed E-state index contributed by atoms with van der Waals surface area (Å²) in [6, 6.07) is 0.278. The first-order chi connectivity index (χ1) is 4.83. The molecule has 0 spiro atoms. The molecule has 1 aliphatic heterocycles. The Morgan fingerprint density at radius 3 is 2.80 bits per heavy atom. The molecule has 2 amide bonds. The molecule has 58 valence electrons. The minimum Gasteiger partial charge on any atom is -0.338 e. The number of hydrogen-bond donors (Lipinski definition) is 3. The molecule has 0 bridgehead atoms. The van der Waals surface area contributed by atoms with E-state index in [2.05, 4.69) is 16.0 Å². The SMILES string of the molecule is CCNC(=O)NC1CNC1. The second-order valence-electron chi connectivity index (χ2n) is 2.36. The zero-order valence-electron chi connectivity index (χ0n) is 6.11. The van der Waals surface area contributed by atoms with Gasteiger partial charge in [0.2, 0.25) is 0 Å². The Labute approximate surface area is 60.4 Å². The summed E-state index contributed by atoms with van der Waals surface area (Å²) in [5, 5.41) is 8.54. The number of amides is 2. The Hall–Kier alpha value is -0.770. The van der Waals surface area contributed by atoms with Crippen LogP contribution in [0.5, 0.6) is 0 Å². The van der Waals surface area contributed by atoms with Gasteiger partial charge in [0.1, 0.15) is 0 Å². The lowest BCUT2D eigenvalue weighted by atomic mass is 10.2. The van der Waals surface area contributed by atoms with Crippen molar-refractivity contribution >= 4 is 6.03 Å². The minimum absolute atomic E-state index is 0.0611. The van der Waals surface area contributed by atoms with Crippen molar-refractivity contribution in [2.45, 2.75) is 13.0 Å². The van der Waals surface area contributed by atoms with Gasteiger partial charge in [-0.2, -0.15) is 0 Å². The largest absolute Gasteiger partial charge is 0.338 e. The van der Waals surface area contributed by atoms with Gasteiger partial charge in [-0.3, -0.25) is 0 Å². The van der Waals surface area contributed by atoms with Crippen LogP contribution in [0.3, 0.4) is 0 Å². The van der Waals surface area contributed by atoms with Crippen molar-refractivity contribution in [2.24, 2.45) is 0 Å². The summed E-state index contributed by atoms with van der Waals surface area (Å²) in [5.74, 6) is 0. The zero-order chi connectivity index (χ0) is 7.40. The van der Waals surface area contributed by atoms with Gasteiger partial charge in [-0.25, -0.2) is 4.79 Å². The highest BCUT2D eigenvalue weighted by Crippen LogP contribution is 1.88. The van der Waals surface area contributed by atoms with Crippen LogP contribution in [-0.2, 0) is 0 Å². The highest BCUT2D eigenvalue weighted by molar-refractivity contribution is 5.74. The lowest BCUT2D eigenvalue weighted by molar-refractivity contribution is 0.232. The summed E-state index contributed by atoms with van der Waals surface area (Å²) in [6.07, 6.45) is 0. The van der Waals surface area contributed by atoms with E-state index in [4.69, 9.17) is 0 Å². The molecule has 1 heterocycles. The van der Waals surface area contributed by atoms with E-state index in [0.717, 1.165) is 13.1 Å². The van der Waals surface area contributed by atoms with Crippen molar-refractivity contribution in [2.75, 3.05) is 19.6 Å². The molecule has 0 aromatic heterocycles. The molecule has 0 atom stereocenters. The van der Waals surface area contributed by atoms with Crippen molar-refractivity contribution in [1.82, 2.24) is 16.0 Å². The summed E-state index contributed by atoms with van der Waals surface area (Å²) in [7, 11) is 0. The molecule has 0 aliphatic carbocycles. The predicted octanol–water partition coefficient (Wildman–Crippen LogP) is -0.723. The van der Waals surface area contributed by atoms with Crippen LogP contribution in [-0.4, -0.2) is 31.7 Å². The van der Waals surface area contributed by atoms with Gasteiger partial charge in [-0.1, -0.05) is 0 Å². The van der Waals surface area contributed by atoms with Crippen molar-refractivity contribution in [3.05, 3.63) is 0 Å². The molecule has 0 unspecified atom stereocenters. The highest BCUT2D eigenvalue weighted by atomic mass is 16.2. The fraction of sp³-hybridized carbons (Fsp3) is 0.833. The van der Waals surface area contributed by atoms with Gasteiger partial charge in [-0.15, -0.1) is 0 Å². The predicted molar refractivity (Wildman–Crippen MR) is 38.9 cm³/mol. The van der Waals surface area contributed by atoms with Gasteiger partial charge in [0.05, 0.1) is 6.04 Å². The molecule has 1 aliphatic rings. The van der Waals surface area contributed by atoms with Gasteiger partial charge >= 0.3 is 6.03 Å². The Bertz CT molecular complexity index is 122. The number of urea groups is 1. The number of rotatable bonds is 2. The third kappa shape index (κ3) is 1.88. The van der Waals surface area contributed by atoms with Crippen molar-refractivity contribution < 1.29 is 4.79 Å². The number of carbonyl (C=O) groups is 1. The van der Waals surface area contributed by atoms with E-state index in [0.29, 0.717) is 12.6 Å². The monoisotopic (exact) mass is 143 g/mol. The van der Waals surface area contributed by atoms with Crippen LogP contribution in [0, 0.1) is 0 Å². The van der Waals surface area contributed by atoms with Crippen molar-refractivity contribution in [3.8, 4) is 0 Å². The van der Waals surface area contributed by atoms with Gasteiger partial charge in [0.25, 0.3) is 0 Å². The van der Waals surface area contributed by atoms with Crippen LogP contribution in [0.1, 0.15) is 6.92 Å². The molecule has 0 saturated carbocycles. The molecule has 4 nitrogen and oxygen atoms in total. The zero-order valence-corrected chi connectivity index (χ0v) is 6.11. The maximum atomic E-state index is 10.8.